The summed E-state index contributed by atoms with van der Waals surface area (Å²) >= 11 is 5.66. The van der Waals surface area contributed by atoms with E-state index in [9.17, 15) is 22.8 Å². The smallest absolute Gasteiger partial charge is 0.442 e. The number of methoxy groups -OCH3 is 1. The molecule has 1 aliphatic rings. The van der Waals surface area contributed by atoms with Gasteiger partial charge in [0.1, 0.15) is 6.20 Å². The molecule has 1 aliphatic heterocycles. The first-order chi connectivity index (χ1) is 10.6. The van der Waals surface area contributed by atoms with Gasteiger partial charge in [0.25, 0.3) is 17.3 Å². The van der Waals surface area contributed by atoms with Crippen molar-refractivity contribution in [3.8, 4) is 0 Å². The van der Waals surface area contributed by atoms with Gasteiger partial charge in [-0.2, -0.15) is 13.2 Å². The van der Waals surface area contributed by atoms with Gasteiger partial charge >= 0.3 is 12.1 Å². The molecular weight excluding hydrogens is 339 g/mol. The van der Waals surface area contributed by atoms with E-state index in [-0.39, 0.29) is 10.8 Å². The van der Waals surface area contributed by atoms with Crippen molar-refractivity contribution in [2.75, 3.05) is 12.4 Å². The molecule has 0 aromatic carbocycles. The lowest BCUT2D eigenvalue weighted by atomic mass is 9.84. The van der Waals surface area contributed by atoms with Crippen LogP contribution in [0.3, 0.4) is 0 Å². The number of carbonyl (C=O) groups is 2. The van der Waals surface area contributed by atoms with Crippen molar-refractivity contribution in [2.24, 2.45) is 5.92 Å². The Hall–Kier alpha value is -2.29. The number of carbonyl (C=O) groups excluding carboxylic acids is 2. The van der Waals surface area contributed by atoms with Gasteiger partial charge in [-0.1, -0.05) is 18.2 Å². The van der Waals surface area contributed by atoms with E-state index < -0.39 is 35.2 Å². The largest absolute Gasteiger partial charge is 0.468 e. The molecule has 2 rings (SSSR count). The Labute approximate surface area is 133 Å². The second kappa shape index (κ2) is 5.73. The summed E-state index contributed by atoms with van der Waals surface area (Å²) in [4.78, 5) is 26.4. The van der Waals surface area contributed by atoms with Crippen LogP contribution in [0, 0.1) is 5.92 Å². The average molecular weight is 351 g/mol. The molecule has 0 unspecified atom stereocenters. The van der Waals surface area contributed by atoms with E-state index in [2.05, 4.69) is 21.6 Å². The molecule has 2 heterocycles. The molecule has 1 fully saturated rings. The topological polar surface area (TPSA) is 81.6 Å². The predicted octanol–water partition coefficient (Wildman–Crippen LogP) is 1.30. The third-order valence-electron chi connectivity index (χ3n) is 3.40. The number of amides is 1. The summed E-state index contributed by atoms with van der Waals surface area (Å²) in [5, 5.41) is 4.26. The summed E-state index contributed by atoms with van der Waals surface area (Å²) < 4.78 is 45.6. The molecule has 1 aromatic heterocycles. The van der Waals surface area contributed by atoms with E-state index in [4.69, 9.17) is 11.6 Å². The number of pyridine rings is 1. The maximum absolute atomic E-state index is 13.7. The van der Waals surface area contributed by atoms with Gasteiger partial charge in [0.2, 0.25) is 0 Å². The van der Waals surface area contributed by atoms with Crippen LogP contribution < -0.4 is 15.6 Å². The van der Waals surface area contributed by atoms with E-state index in [1.165, 1.54) is 18.3 Å². The van der Waals surface area contributed by atoms with E-state index in [0.717, 1.165) is 7.11 Å². The molecule has 6 nitrogen and oxygen atoms in total. The second-order valence-electron chi connectivity index (χ2n) is 4.79. The molecular formula is C13H12ClF3N3O3+. The van der Waals surface area contributed by atoms with Crippen molar-refractivity contribution < 1.29 is 32.5 Å². The summed E-state index contributed by atoms with van der Waals surface area (Å²) in [6.07, 6.45) is -3.88. The lowest BCUT2D eigenvalue weighted by Gasteiger charge is -2.29. The van der Waals surface area contributed by atoms with Gasteiger partial charge in [-0.15, -0.1) is 0 Å². The number of H-pyrrole nitrogens is 1. The van der Waals surface area contributed by atoms with Crippen molar-refractivity contribution in [1.82, 2.24) is 5.32 Å². The Bertz CT molecular complexity index is 663. The molecule has 124 valence electrons. The van der Waals surface area contributed by atoms with Crippen molar-refractivity contribution >= 4 is 29.3 Å². The third kappa shape index (κ3) is 2.72. The lowest BCUT2D eigenvalue weighted by Crippen LogP contribution is -2.63. The number of anilines is 1. The van der Waals surface area contributed by atoms with Gasteiger partial charge in [0.15, 0.2) is 5.92 Å². The van der Waals surface area contributed by atoms with Gasteiger partial charge in [0, 0.05) is 11.8 Å². The first kappa shape index (κ1) is 17.1. The summed E-state index contributed by atoms with van der Waals surface area (Å²) in [7, 11) is 0.925. The minimum atomic E-state index is -5.11. The Balaban J connectivity index is 2.57. The van der Waals surface area contributed by atoms with Crippen LogP contribution in [0.15, 0.2) is 30.6 Å². The van der Waals surface area contributed by atoms with E-state index in [0.29, 0.717) is 0 Å². The predicted molar refractivity (Wildman–Crippen MR) is 73.2 cm³/mol. The molecule has 23 heavy (non-hydrogen) atoms. The van der Waals surface area contributed by atoms with Crippen LogP contribution in [0.2, 0.25) is 5.02 Å². The van der Waals surface area contributed by atoms with Crippen LogP contribution in [0.1, 0.15) is 0 Å². The molecule has 0 radical (unpaired) electrons. The highest BCUT2D eigenvalue weighted by molar-refractivity contribution is 6.30. The Kier molecular flexibility index (Phi) is 4.25. The number of halogens is 4. The van der Waals surface area contributed by atoms with Gasteiger partial charge in [-0.25, -0.2) is 4.98 Å². The lowest BCUT2D eigenvalue weighted by molar-refractivity contribution is -0.362. The zero-order chi connectivity index (χ0) is 17.4. The number of nitrogens with one attached hydrogen (secondary N) is 3. The number of hydrogen-bond donors (Lipinski definition) is 2. The molecule has 1 saturated heterocycles. The third-order valence-corrected chi connectivity index (χ3v) is 3.64. The molecule has 0 aliphatic carbocycles. The van der Waals surface area contributed by atoms with Gasteiger partial charge < -0.3 is 10.1 Å². The fourth-order valence-electron chi connectivity index (χ4n) is 2.33. The maximum Gasteiger partial charge on any atom is 0.442 e. The number of ether oxygens (including phenoxy) is 1. The summed E-state index contributed by atoms with van der Waals surface area (Å²) in [5.74, 6) is -4.84. The minimum Gasteiger partial charge on any atom is -0.468 e. The molecule has 2 atom stereocenters. The first-order valence-electron chi connectivity index (χ1n) is 6.23. The van der Waals surface area contributed by atoms with Crippen molar-refractivity contribution in [3.05, 3.63) is 35.6 Å². The van der Waals surface area contributed by atoms with Gasteiger partial charge in [-0.3, -0.25) is 14.9 Å². The summed E-state index contributed by atoms with van der Waals surface area (Å²) in [6.45, 7) is 3.32. The number of aromatic amines is 1. The van der Waals surface area contributed by atoms with Crippen LogP contribution in [0.25, 0.3) is 0 Å². The Morgan fingerprint density at radius 1 is 1.52 bits per heavy atom. The summed E-state index contributed by atoms with van der Waals surface area (Å²) in [6, 6.07) is 2.53. The van der Waals surface area contributed by atoms with Crippen molar-refractivity contribution in [2.45, 2.75) is 11.7 Å². The molecule has 10 heteroatoms. The van der Waals surface area contributed by atoms with Gasteiger partial charge in [0.05, 0.1) is 12.1 Å². The van der Waals surface area contributed by atoms with Gasteiger partial charge in [-0.05, 0) is 6.07 Å². The van der Waals surface area contributed by atoms with Crippen molar-refractivity contribution in [1.29, 1.82) is 0 Å². The van der Waals surface area contributed by atoms with E-state index >= 15 is 0 Å². The molecule has 0 spiro atoms. The van der Waals surface area contributed by atoms with E-state index in [1.54, 1.807) is 0 Å². The van der Waals surface area contributed by atoms with Crippen LogP contribution in [-0.2, 0) is 14.3 Å². The average Bonchev–Trinajstić information content (AvgIpc) is 2.72. The molecule has 3 N–H and O–H groups in total. The second-order valence-corrected chi connectivity index (χ2v) is 5.22. The molecule has 1 amide bonds. The quantitative estimate of drug-likeness (QED) is 0.805. The number of rotatable bonds is 3. The standard InChI is InChI=1S/C13H11ClF3N3O3/c1-6-9(10(21)23-2)12(11(22)19-6,13(15,16)17)20-8-4-3-7(14)5-18-8/h3-5,9H,1H2,2H3,(H,18,20)(H,19,22)/p+1/t9-,12-/m0/s1. The number of esters is 1. The normalized spacial score (nSPS) is 24.3. The first-order valence-corrected chi connectivity index (χ1v) is 6.61. The SMILES string of the molecule is C=C1NC(=O)[C@](Nc2ccc(Cl)c[nH+]2)(C(F)(F)F)[C@@H]1C(=O)OC. The Morgan fingerprint density at radius 3 is 2.65 bits per heavy atom. The van der Waals surface area contributed by atoms with Crippen molar-refractivity contribution in [3.63, 3.8) is 0 Å². The van der Waals surface area contributed by atoms with Crippen LogP contribution in [0.4, 0.5) is 19.0 Å². The number of alkyl halides is 3. The fourth-order valence-corrected chi connectivity index (χ4v) is 2.45. The molecule has 0 saturated carbocycles. The fraction of sp³-hybridized carbons (Fsp3) is 0.308. The zero-order valence-corrected chi connectivity index (χ0v) is 12.5. The van der Waals surface area contributed by atoms with E-state index in [1.807, 2.05) is 5.32 Å². The number of hydrogen-bond acceptors (Lipinski definition) is 4. The van der Waals surface area contributed by atoms with Crippen LogP contribution in [-0.4, -0.2) is 30.7 Å². The monoisotopic (exact) mass is 350 g/mol. The molecule has 0 bridgehead atoms. The van der Waals surface area contributed by atoms with Crippen LogP contribution in [0.5, 0.6) is 0 Å². The molecule has 1 aromatic rings. The highest BCUT2D eigenvalue weighted by Crippen LogP contribution is 2.45. The minimum absolute atomic E-state index is 0.162. The Morgan fingerprint density at radius 2 is 2.17 bits per heavy atom. The number of aromatic nitrogens is 1. The highest BCUT2D eigenvalue weighted by Gasteiger charge is 2.75. The zero-order valence-electron chi connectivity index (χ0n) is 11.8. The maximum atomic E-state index is 13.7. The van der Waals surface area contributed by atoms with Crippen LogP contribution >= 0.6 is 11.6 Å². The highest BCUT2D eigenvalue weighted by atomic mass is 35.5. The summed E-state index contributed by atoms with van der Waals surface area (Å²) in [5.41, 5.74) is -3.65.